The summed E-state index contributed by atoms with van der Waals surface area (Å²) in [6, 6.07) is 4.78. The van der Waals surface area contributed by atoms with Gasteiger partial charge in [0.1, 0.15) is 23.4 Å². The maximum Gasteiger partial charge on any atom is 0.413 e. The average Bonchev–Trinajstić information content (AvgIpc) is 3.61. The number of tetrazole rings is 1. The van der Waals surface area contributed by atoms with Crippen LogP contribution in [-0.4, -0.2) is 93.5 Å². The van der Waals surface area contributed by atoms with Crippen molar-refractivity contribution in [2.75, 3.05) is 23.4 Å². The van der Waals surface area contributed by atoms with Gasteiger partial charge in [0.2, 0.25) is 17.0 Å². The lowest BCUT2D eigenvalue weighted by atomic mass is 9.89. The summed E-state index contributed by atoms with van der Waals surface area (Å²) >= 11 is 3.58. The summed E-state index contributed by atoms with van der Waals surface area (Å²) in [6.07, 6.45) is -0.930. The van der Waals surface area contributed by atoms with Crippen molar-refractivity contribution in [2.45, 2.75) is 29.6 Å². The number of β-lactam (4-membered cyclic amide) rings is 1. The maximum absolute atomic E-state index is 12.9. The van der Waals surface area contributed by atoms with Gasteiger partial charge in [-0.3, -0.25) is 29.8 Å². The van der Waals surface area contributed by atoms with Gasteiger partial charge in [-0.2, -0.15) is 0 Å². The Morgan fingerprint density at radius 2 is 2.07 bits per heavy atom. The zero-order valence-corrected chi connectivity index (χ0v) is 24.7. The number of fused-ring (bicyclic) bond motifs is 1. The van der Waals surface area contributed by atoms with Gasteiger partial charge < -0.3 is 20.1 Å². The molecule has 2 fully saturated rings. The van der Waals surface area contributed by atoms with Crippen LogP contribution in [0.25, 0.3) is 0 Å². The number of nitrogens with zero attached hydrogens (tertiary/aromatic N) is 7. The van der Waals surface area contributed by atoms with Crippen LogP contribution in [0.3, 0.4) is 0 Å². The fraction of sp³-hybridized carbons (Fsp3) is 0.391. The van der Waals surface area contributed by atoms with Crippen LogP contribution in [0.15, 0.2) is 34.8 Å². The Morgan fingerprint density at radius 3 is 2.74 bits per heavy atom. The van der Waals surface area contributed by atoms with Crippen molar-refractivity contribution in [3.05, 3.63) is 51.0 Å². The second-order valence-electron chi connectivity index (χ2n) is 9.62. The van der Waals surface area contributed by atoms with Crippen molar-refractivity contribution in [2.24, 2.45) is 12.5 Å². The number of carbonyl (C=O) groups is 4. The standard InChI is InChI=1S/C23H23N9O8S3/c1-30-21(27-28-29-30)43-11-23(19(35)36)9-31-17(34)16(18(31)42-10-23)25-15(33)6-13-8-41-20(24-13)26-22(37)40-7-12-2-4-14(5-3-12)32(38)39/h2-5,8,16,18H,6-7,9-11H2,1H3,(H,25,33)(H,35,36)(H,24,26,37)/t16?,18-,23?/m1/s1. The molecule has 226 valence electrons. The molecule has 2 saturated heterocycles. The van der Waals surface area contributed by atoms with Crippen LogP contribution in [0, 0.1) is 15.5 Å². The van der Waals surface area contributed by atoms with E-state index in [2.05, 4.69) is 31.1 Å². The zero-order valence-electron chi connectivity index (χ0n) is 22.2. The number of benzene rings is 1. The Kier molecular flexibility index (Phi) is 8.78. The van der Waals surface area contributed by atoms with E-state index in [9.17, 15) is 34.4 Å². The number of non-ortho nitro benzene ring substituents is 1. The third-order valence-corrected chi connectivity index (χ3v) is 10.3. The maximum atomic E-state index is 12.9. The predicted molar refractivity (Wildman–Crippen MR) is 152 cm³/mol. The van der Waals surface area contributed by atoms with Crippen molar-refractivity contribution in [1.29, 1.82) is 0 Å². The first-order valence-corrected chi connectivity index (χ1v) is 15.4. The number of thiazole rings is 1. The first kappa shape index (κ1) is 30.2. The molecule has 17 nitrogen and oxygen atoms in total. The number of nitro groups is 1. The van der Waals surface area contributed by atoms with E-state index in [0.29, 0.717) is 16.4 Å². The Balaban J connectivity index is 1.08. The minimum Gasteiger partial charge on any atom is -0.481 e. The van der Waals surface area contributed by atoms with E-state index in [-0.39, 0.29) is 53.2 Å². The number of nitrogens with one attached hydrogen (secondary N) is 2. The van der Waals surface area contributed by atoms with Crippen molar-refractivity contribution in [3.63, 3.8) is 0 Å². The highest BCUT2D eigenvalue weighted by Crippen LogP contribution is 2.44. The van der Waals surface area contributed by atoms with Gasteiger partial charge in [-0.15, -0.1) is 28.2 Å². The van der Waals surface area contributed by atoms with Gasteiger partial charge in [0.05, 0.1) is 17.0 Å². The highest BCUT2D eigenvalue weighted by atomic mass is 32.2. The van der Waals surface area contributed by atoms with Gasteiger partial charge in [0.15, 0.2) is 5.13 Å². The number of nitro benzene ring substituents is 1. The lowest BCUT2D eigenvalue weighted by Crippen LogP contribution is -2.74. The molecule has 0 spiro atoms. The van der Waals surface area contributed by atoms with Gasteiger partial charge in [-0.25, -0.2) is 14.5 Å². The van der Waals surface area contributed by atoms with E-state index < -0.39 is 34.3 Å². The van der Waals surface area contributed by atoms with Crippen LogP contribution in [0.4, 0.5) is 15.6 Å². The van der Waals surface area contributed by atoms with Crippen LogP contribution in [0.1, 0.15) is 11.3 Å². The number of hydrogen-bond acceptors (Lipinski definition) is 14. The monoisotopic (exact) mass is 649 g/mol. The quantitative estimate of drug-likeness (QED) is 0.115. The summed E-state index contributed by atoms with van der Waals surface area (Å²) in [5.41, 5.74) is -0.347. The minimum absolute atomic E-state index is 0.00485. The molecule has 2 aromatic heterocycles. The van der Waals surface area contributed by atoms with Gasteiger partial charge in [0.25, 0.3) is 5.69 Å². The Bertz CT molecular complexity index is 1570. The number of carboxylic acid groups (broad SMARTS) is 1. The number of rotatable bonds is 11. The number of amides is 3. The summed E-state index contributed by atoms with van der Waals surface area (Å²) in [4.78, 5) is 65.8. The molecule has 20 heteroatoms. The Hall–Kier alpha value is -4.30. The molecular weight excluding hydrogens is 627 g/mol. The van der Waals surface area contributed by atoms with E-state index in [0.717, 1.165) is 11.3 Å². The van der Waals surface area contributed by atoms with Crippen LogP contribution >= 0.6 is 34.9 Å². The SMILES string of the molecule is Cn1nnnc1SCC1(C(=O)O)CS[C@@H]2C(NC(=O)Cc3csc(NC(=O)OCc4ccc([N+](=O)[O-])cc4)n3)C(=O)N2C1. The van der Waals surface area contributed by atoms with Crippen molar-refractivity contribution in [1.82, 2.24) is 35.4 Å². The van der Waals surface area contributed by atoms with Crippen LogP contribution in [0.5, 0.6) is 0 Å². The number of hydrogen-bond donors (Lipinski definition) is 3. The molecule has 5 rings (SSSR count). The van der Waals surface area contributed by atoms with E-state index in [4.69, 9.17) is 4.74 Å². The molecule has 2 aliphatic rings. The fourth-order valence-corrected chi connectivity index (χ4v) is 7.68. The summed E-state index contributed by atoms with van der Waals surface area (Å²) in [6.45, 7) is -0.105. The third-order valence-electron chi connectivity index (χ3n) is 6.59. The van der Waals surface area contributed by atoms with Crippen molar-refractivity contribution < 1.29 is 33.9 Å². The number of anilines is 1. The summed E-state index contributed by atoms with van der Waals surface area (Å²) in [5, 5.41) is 38.9. The lowest BCUT2D eigenvalue weighted by molar-refractivity contribution is -0.384. The normalized spacial score (nSPS) is 21.0. The number of thioether (sulfide) groups is 2. The molecule has 2 aliphatic heterocycles. The third kappa shape index (κ3) is 6.70. The van der Waals surface area contributed by atoms with E-state index in [1.54, 1.807) is 12.4 Å². The van der Waals surface area contributed by atoms with Crippen LogP contribution in [-0.2, 0) is 39.2 Å². The number of carbonyl (C=O) groups excluding carboxylic acids is 3. The molecule has 3 N–H and O–H groups in total. The summed E-state index contributed by atoms with van der Waals surface area (Å²) in [5.74, 6) is -1.43. The predicted octanol–water partition coefficient (Wildman–Crippen LogP) is 1.13. The number of aryl methyl sites for hydroxylation is 1. The minimum atomic E-state index is -1.20. The molecule has 0 saturated carbocycles. The molecule has 0 radical (unpaired) electrons. The zero-order chi connectivity index (χ0) is 30.7. The second kappa shape index (κ2) is 12.5. The fourth-order valence-electron chi connectivity index (χ4n) is 4.27. The van der Waals surface area contributed by atoms with Gasteiger partial charge in [-0.1, -0.05) is 11.8 Å². The van der Waals surface area contributed by atoms with Crippen molar-refractivity contribution in [3.8, 4) is 0 Å². The molecule has 0 aliphatic carbocycles. The lowest BCUT2D eigenvalue weighted by Gasteiger charge is -2.53. The van der Waals surface area contributed by atoms with Gasteiger partial charge in [0, 0.05) is 42.6 Å². The molecule has 4 heterocycles. The van der Waals surface area contributed by atoms with E-state index >= 15 is 0 Å². The Morgan fingerprint density at radius 1 is 1.30 bits per heavy atom. The number of aliphatic carboxylic acids is 1. The van der Waals surface area contributed by atoms with Crippen LogP contribution < -0.4 is 10.6 Å². The number of carboxylic acids is 1. The smallest absolute Gasteiger partial charge is 0.413 e. The molecular formula is C23H23N9O8S3. The Labute approximate surface area is 254 Å². The first-order chi connectivity index (χ1) is 20.5. The molecule has 2 unspecified atom stereocenters. The van der Waals surface area contributed by atoms with Crippen LogP contribution in [0.2, 0.25) is 0 Å². The first-order valence-electron chi connectivity index (χ1n) is 12.5. The number of ether oxygens (including phenoxy) is 1. The van der Waals surface area contributed by atoms with Gasteiger partial charge >= 0.3 is 12.1 Å². The van der Waals surface area contributed by atoms with Crippen molar-refractivity contribution >= 4 is 69.6 Å². The molecule has 3 aromatic rings. The topological polar surface area (TPSA) is 225 Å². The molecule has 0 bridgehead atoms. The average molecular weight is 650 g/mol. The molecule has 3 atom stereocenters. The molecule has 3 amide bonds. The van der Waals surface area contributed by atoms with E-state index in [1.807, 2.05) is 0 Å². The largest absolute Gasteiger partial charge is 0.481 e. The number of aromatic nitrogens is 5. The summed E-state index contributed by atoms with van der Waals surface area (Å²) < 4.78 is 6.54. The summed E-state index contributed by atoms with van der Waals surface area (Å²) in [7, 11) is 1.65. The van der Waals surface area contributed by atoms with Gasteiger partial charge in [-0.05, 0) is 28.1 Å². The highest BCUT2D eigenvalue weighted by molar-refractivity contribution is 8.00. The molecule has 1 aromatic carbocycles. The highest BCUT2D eigenvalue weighted by Gasteiger charge is 2.57. The van der Waals surface area contributed by atoms with E-state index in [1.165, 1.54) is 57.4 Å². The second-order valence-corrected chi connectivity index (χ2v) is 12.5. The molecule has 43 heavy (non-hydrogen) atoms.